The zero-order chi connectivity index (χ0) is 13.2. The Kier molecular flexibility index (Phi) is 3.87. The minimum absolute atomic E-state index is 0.453. The average molecular weight is 313 g/mol. The maximum absolute atomic E-state index is 10.2. The van der Waals surface area contributed by atoms with Crippen LogP contribution in [0, 0.1) is 0 Å². The smallest absolute Gasteiger partial charge is 0.243 e. The van der Waals surface area contributed by atoms with E-state index in [1.54, 1.807) is 4.52 Å². The van der Waals surface area contributed by atoms with Crippen molar-refractivity contribution in [1.82, 2.24) is 14.6 Å². The number of nitrogens with zero attached hydrogens (tertiary/aromatic N) is 3. The van der Waals surface area contributed by atoms with Gasteiger partial charge in [0, 0.05) is 12.7 Å². The zero-order valence-corrected chi connectivity index (χ0v) is 12.1. The van der Waals surface area contributed by atoms with Crippen molar-refractivity contribution in [3.8, 4) is 0 Å². The molecular weight excluding hydrogens is 296 g/mol. The minimum Gasteiger partial charge on any atom is -0.388 e. The zero-order valence-electron chi connectivity index (χ0n) is 10.5. The van der Waals surface area contributed by atoms with E-state index in [4.69, 9.17) is 0 Å². The maximum Gasteiger partial charge on any atom is 0.243 e. The monoisotopic (exact) mass is 312 g/mol. The Labute approximate surface area is 114 Å². The molecule has 0 aliphatic heterocycles. The van der Waals surface area contributed by atoms with Crippen molar-refractivity contribution >= 4 is 27.5 Å². The molecule has 0 radical (unpaired) electrons. The lowest BCUT2D eigenvalue weighted by molar-refractivity contribution is 0.0455. The summed E-state index contributed by atoms with van der Waals surface area (Å²) in [5, 5.41) is 17.6. The fourth-order valence-corrected chi connectivity index (χ4v) is 2.12. The third-order valence-electron chi connectivity index (χ3n) is 3.21. The summed E-state index contributed by atoms with van der Waals surface area (Å²) in [4.78, 5) is 4.37. The highest BCUT2D eigenvalue weighted by atomic mass is 79.9. The predicted octanol–water partition coefficient (Wildman–Crippen LogP) is 2.45. The minimum atomic E-state index is -0.700. The average Bonchev–Trinajstić information content (AvgIpc) is 2.81. The number of aromatic nitrogens is 3. The standard InChI is InChI=1S/C12H17BrN4O/c1-3-12(18,4-2)8-14-11-15-10-9(13)6-5-7-17(10)16-11/h5-7,18H,3-4,8H2,1-2H3,(H,14,16). The molecular formula is C12H17BrN4O. The van der Waals surface area contributed by atoms with Gasteiger partial charge in [-0.2, -0.15) is 4.98 Å². The van der Waals surface area contributed by atoms with Crippen LogP contribution in [0.25, 0.3) is 5.65 Å². The van der Waals surface area contributed by atoms with Gasteiger partial charge in [-0.3, -0.25) is 0 Å². The molecule has 5 nitrogen and oxygen atoms in total. The van der Waals surface area contributed by atoms with Gasteiger partial charge in [0.2, 0.25) is 5.95 Å². The first-order chi connectivity index (χ1) is 8.58. The summed E-state index contributed by atoms with van der Waals surface area (Å²) >= 11 is 3.43. The summed E-state index contributed by atoms with van der Waals surface area (Å²) in [6.07, 6.45) is 3.24. The van der Waals surface area contributed by atoms with Crippen LogP contribution in [-0.2, 0) is 0 Å². The molecule has 98 valence electrons. The second-order valence-corrected chi connectivity index (χ2v) is 5.20. The van der Waals surface area contributed by atoms with Gasteiger partial charge in [-0.1, -0.05) is 13.8 Å². The largest absolute Gasteiger partial charge is 0.388 e. The second-order valence-electron chi connectivity index (χ2n) is 4.34. The molecule has 0 aliphatic rings. The van der Waals surface area contributed by atoms with E-state index in [9.17, 15) is 5.11 Å². The van der Waals surface area contributed by atoms with E-state index in [1.165, 1.54) is 0 Å². The van der Waals surface area contributed by atoms with Gasteiger partial charge in [-0.15, -0.1) is 5.10 Å². The van der Waals surface area contributed by atoms with Gasteiger partial charge in [-0.25, -0.2) is 4.52 Å². The van der Waals surface area contributed by atoms with E-state index in [2.05, 4.69) is 31.3 Å². The van der Waals surface area contributed by atoms with Crippen molar-refractivity contribution in [1.29, 1.82) is 0 Å². The van der Waals surface area contributed by atoms with Crippen LogP contribution < -0.4 is 5.32 Å². The highest BCUT2D eigenvalue weighted by molar-refractivity contribution is 9.10. The second kappa shape index (κ2) is 5.24. The van der Waals surface area contributed by atoms with Crippen LogP contribution in [0.15, 0.2) is 22.8 Å². The van der Waals surface area contributed by atoms with Crippen molar-refractivity contribution in [2.45, 2.75) is 32.3 Å². The molecule has 0 saturated heterocycles. The van der Waals surface area contributed by atoms with Crippen LogP contribution in [0.3, 0.4) is 0 Å². The molecule has 2 N–H and O–H groups in total. The van der Waals surface area contributed by atoms with Crippen molar-refractivity contribution in [2.24, 2.45) is 0 Å². The third-order valence-corrected chi connectivity index (χ3v) is 3.83. The number of hydrogen-bond donors (Lipinski definition) is 2. The van der Waals surface area contributed by atoms with E-state index in [-0.39, 0.29) is 0 Å². The molecule has 0 atom stereocenters. The lowest BCUT2D eigenvalue weighted by Crippen LogP contribution is -2.35. The molecule has 0 saturated carbocycles. The normalized spacial score (nSPS) is 12.0. The summed E-state index contributed by atoms with van der Waals surface area (Å²) in [6, 6.07) is 3.81. The lowest BCUT2D eigenvalue weighted by atomic mass is 9.98. The molecule has 0 bridgehead atoms. The summed E-state index contributed by atoms with van der Waals surface area (Å²) in [5.41, 5.74) is 0.0610. The Morgan fingerprint density at radius 3 is 2.78 bits per heavy atom. The van der Waals surface area contributed by atoms with Gasteiger partial charge in [0.1, 0.15) is 0 Å². The number of fused-ring (bicyclic) bond motifs is 1. The number of anilines is 1. The van der Waals surface area contributed by atoms with Crippen molar-refractivity contribution < 1.29 is 5.11 Å². The Balaban J connectivity index is 2.15. The number of aliphatic hydroxyl groups is 1. The van der Waals surface area contributed by atoms with Crippen LogP contribution in [-0.4, -0.2) is 31.9 Å². The van der Waals surface area contributed by atoms with Gasteiger partial charge >= 0.3 is 0 Å². The van der Waals surface area contributed by atoms with Crippen molar-refractivity contribution in [3.05, 3.63) is 22.8 Å². The molecule has 2 heterocycles. The molecule has 2 aromatic heterocycles. The molecule has 6 heteroatoms. The van der Waals surface area contributed by atoms with Gasteiger partial charge in [0.25, 0.3) is 0 Å². The van der Waals surface area contributed by atoms with E-state index >= 15 is 0 Å². The summed E-state index contributed by atoms with van der Waals surface area (Å²) in [5.74, 6) is 0.530. The maximum atomic E-state index is 10.2. The number of rotatable bonds is 5. The lowest BCUT2D eigenvalue weighted by Gasteiger charge is -2.24. The van der Waals surface area contributed by atoms with E-state index in [1.807, 2.05) is 32.2 Å². The quantitative estimate of drug-likeness (QED) is 0.890. The van der Waals surface area contributed by atoms with Gasteiger partial charge in [-0.05, 0) is 40.9 Å². The number of pyridine rings is 1. The van der Waals surface area contributed by atoms with E-state index < -0.39 is 5.60 Å². The Bertz CT molecular complexity index is 536. The fourth-order valence-electron chi connectivity index (χ4n) is 1.69. The van der Waals surface area contributed by atoms with Crippen LogP contribution in [0.5, 0.6) is 0 Å². The molecule has 0 aromatic carbocycles. The van der Waals surface area contributed by atoms with Gasteiger partial charge < -0.3 is 10.4 Å². The van der Waals surface area contributed by atoms with Crippen LogP contribution in [0.4, 0.5) is 5.95 Å². The fraction of sp³-hybridized carbons (Fsp3) is 0.500. The molecule has 0 unspecified atom stereocenters. The van der Waals surface area contributed by atoms with Gasteiger partial charge in [0.15, 0.2) is 5.65 Å². The number of hydrogen-bond acceptors (Lipinski definition) is 4. The van der Waals surface area contributed by atoms with Crippen LogP contribution in [0.1, 0.15) is 26.7 Å². The first-order valence-electron chi connectivity index (χ1n) is 6.05. The molecule has 2 rings (SSSR count). The topological polar surface area (TPSA) is 62.5 Å². The Hall–Kier alpha value is -1.14. The number of halogens is 1. The van der Waals surface area contributed by atoms with Crippen LogP contribution >= 0.6 is 15.9 Å². The summed E-state index contributed by atoms with van der Waals surface area (Å²) in [7, 11) is 0. The Morgan fingerprint density at radius 2 is 2.17 bits per heavy atom. The highest BCUT2D eigenvalue weighted by Gasteiger charge is 2.22. The third kappa shape index (κ3) is 2.64. The van der Waals surface area contributed by atoms with Gasteiger partial charge in [0.05, 0.1) is 10.1 Å². The molecule has 0 fully saturated rings. The highest BCUT2D eigenvalue weighted by Crippen LogP contribution is 2.18. The summed E-state index contributed by atoms with van der Waals surface area (Å²) < 4.78 is 2.59. The van der Waals surface area contributed by atoms with E-state index in [0.29, 0.717) is 25.3 Å². The molecule has 0 aliphatic carbocycles. The van der Waals surface area contributed by atoms with Crippen molar-refractivity contribution in [3.63, 3.8) is 0 Å². The van der Waals surface area contributed by atoms with Crippen molar-refractivity contribution in [2.75, 3.05) is 11.9 Å². The number of nitrogens with one attached hydrogen (secondary N) is 1. The Morgan fingerprint density at radius 1 is 1.44 bits per heavy atom. The molecule has 2 aromatic rings. The molecule has 0 spiro atoms. The molecule has 18 heavy (non-hydrogen) atoms. The predicted molar refractivity (Wildman–Crippen MR) is 74.7 cm³/mol. The van der Waals surface area contributed by atoms with Crippen LogP contribution in [0.2, 0.25) is 0 Å². The SMILES string of the molecule is CCC(O)(CC)CNc1nc2c(Br)cccn2n1. The molecule has 0 amide bonds. The first-order valence-corrected chi connectivity index (χ1v) is 6.84. The summed E-state index contributed by atoms with van der Waals surface area (Å²) in [6.45, 7) is 4.40. The first kappa shape index (κ1) is 13.3. The van der Waals surface area contributed by atoms with E-state index in [0.717, 1.165) is 10.1 Å².